The van der Waals surface area contributed by atoms with Gasteiger partial charge in [0, 0.05) is 12.5 Å². The summed E-state index contributed by atoms with van der Waals surface area (Å²) in [7, 11) is 1.44. The highest BCUT2D eigenvalue weighted by Crippen LogP contribution is 2.48. The van der Waals surface area contributed by atoms with Crippen LogP contribution in [-0.2, 0) is 14.3 Å². The second-order valence-corrected chi connectivity index (χ2v) is 3.19. The molecule has 62 valence electrons. The molecule has 2 fully saturated rings. The average Bonchev–Trinajstić information content (AvgIpc) is 2.77. The van der Waals surface area contributed by atoms with E-state index in [2.05, 4.69) is 4.74 Å². The summed E-state index contributed by atoms with van der Waals surface area (Å²) in [6.07, 6.45) is 2.41. The Morgan fingerprint density at radius 1 is 1.64 bits per heavy atom. The molecule has 0 N–H and O–H groups in total. The predicted octanol–water partition coefficient (Wildman–Crippen LogP) is 0.584. The van der Waals surface area contributed by atoms with E-state index in [-0.39, 0.29) is 18.0 Å². The molecule has 0 radical (unpaired) electrons. The van der Waals surface area contributed by atoms with Crippen LogP contribution in [-0.4, -0.2) is 25.8 Å². The first kappa shape index (κ1) is 7.10. The van der Waals surface area contributed by atoms with Gasteiger partial charge in [-0.2, -0.15) is 0 Å². The summed E-state index contributed by atoms with van der Waals surface area (Å²) >= 11 is 0. The van der Waals surface area contributed by atoms with Crippen molar-refractivity contribution in [3.05, 3.63) is 0 Å². The Bertz CT molecular complexity index is 166. The van der Waals surface area contributed by atoms with Crippen LogP contribution >= 0.6 is 0 Å². The van der Waals surface area contributed by atoms with Crippen molar-refractivity contribution in [2.45, 2.75) is 18.9 Å². The summed E-state index contributed by atoms with van der Waals surface area (Å²) < 4.78 is 10.0. The maximum atomic E-state index is 11.0. The molecular formula is C8H12O3. The van der Waals surface area contributed by atoms with Gasteiger partial charge in [0.15, 0.2) is 0 Å². The summed E-state index contributed by atoms with van der Waals surface area (Å²) in [5.74, 6) is 0.431. The van der Waals surface area contributed by atoms with Crippen molar-refractivity contribution in [1.82, 2.24) is 0 Å². The van der Waals surface area contributed by atoms with Gasteiger partial charge in [0.25, 0.3) is 0 Å². The zero-order chi connectivity index (χ0) is 7.84. The van der Waals surface area contributed by atoms with E-state index in [0.29, 0.717) is 5.92 Å². The molecule has 1 saturated heterocycles. The Labute approximate surface area is 65.7 Å². The largest absolute Gasteiger partial charge is 0.469 e. The van der Waals surface area contributed by atoms with Crippen molar-refractivity contribution in [1.29, 1.82) is 0 Å². The van der Waals surface area contributed by atoms with Crippen molar-refractivity contribution in [2.24, 2.45) is 11.8 Å². The normalized spacial score (nSPS) is 41.0. The van der Waals surface area contributed by atoms with Gasteiger partial charge in [0.1, 0.15) is 0 Å². The molecule has 0 unspecified atom stereocenters. The molecule has 3 atom stereocenters. The Balaban J connectivity index is 1.94. The van der Waals surface area contributed by atoms with Gasteiger partial charge in [0.2, 0.25) is 0 Å². The molecular weight excluding hydrogens is 144 g/mol. The van der Waals surface area contributed by atoms with E-state index in [1.165, 1.54) is 7.11 Å². The molecule has 0 amide bonds. The van der Waals surface area contributed by atoms with Crippen molar-refractivity contribution in [2.75, 3.05) is 13.7 Å². The molecule has 1 saturated carbocycles. The minimum Gasteiger partial charge on any atom is -0.469 e. The second kappa shape index (κ2) is 2.48. The second-order valence-electron chi connectivity index (χ2n) is 3.19. The lowest BCUT2D eigenvalue weighted by molar-refractivity contribution is -0.143. The first-order valence-corrected chi connectivity index (χ1v) is 4.04. The van der Waals surface area contributed by atoms with Crippen LogP contribution in [0.2, 0.25) is 0 Å². The number of carbonyl (C=O) groups is 1. The van der Waals surface area contributed by atoms with E-state index in [4.69, 9.17) is 4.74 Å². The summed E-state index contributed by atoms with van der Waals surface area (Å²) in [5.41, 5.74) is 0. The van der Waals surface area contributed by atoms with Gasteiger partial charge in [-0.3, -0.25) is 4.79 Å². The number of hydrogen-bond acceptors (Lipinski definition) is 3. The zero-order valence-corrected chi connectivity index (χ0v) is 6.58. The van der Waals surface area contributed by atoms with E-state index < -0.39 is 0 Å². The van der Waals surface area contributed by atoms with Crippen molar-refractivity contribution in [3.8, 4) is 0 Å². The summed E-state index contributed by atoms with van der Waals surface area (Å²) in [4.78, 5) is 11.0. The molecule has 0 aromatic carbocycles. The molecule has 3 nitrogen and oxygen atoms in total. The standard InChI is InChI=1S/C8H12O3/c1-10-8(9)6-5-3-2-4-11-7(5)6/h5-7H,2-4H2,1H3/t5-,6-,7-/m0/s1. The molecule has 3 heteroatoms. The highest BCUT2D eigenvalue weighted by atomic mass is 16.5. The van der Waals surface area contributed by atoms with Crippen LogP contribution in [0.1, 0.15) is 12.8 Å². The highest BCUT2D eigenvalue weighted by molar-refractivity contribution is 5.77. The fraction of sp³-hybridized carbons (Fsp3) is 0.875. The first-order chi connectivity index (χ1) is 5.34. The molecule has 11 heavy (non-hydrogen) atoms. The van der Waals surface area contributed by atoms with Gasteiger partial charge in [-0.15, -0.1) is 0 Å². The van der Waals surface area contributed by atoms with Gasteiger partial charge in [-0.25, -0.2) is 0 Å². The number of esters is 1. The predicted molar refractivity (Wildman–Crippen MR) is 38.0 cm³/mol. The lowest BCUT2D eigenvalue weighted by atomic mass is 10.2. The fourth-order valence-electron chi connectivity index (χ4n) is 1.90. The van der Waals surface area contributed by atoms with E-state index in [0.717, 1.165) is 19.4 Å². The van der Waals surface area contributed by atoms with Crippen LogP contribution in [0.4, 0.5) is 0 Å². The molecule has 0 aromatic rings. The van der Waals surface area contributed by atoms with E-state index >= 15 is 0 Å². The monoisotopic (exact) mass is 156 g/mol. The number of hydrogen-bond donors (Lipinski definition) is 0. The van der Waals surface area contributed by atoms with Crippen molar-refractivity contribution >= 4 is 5.97 Å². The van der Waals surface area contributed by atoms with E-state index in [9.17, 15) is 4.79 Å². The molecule has 0 spiro atoms. The van der Waals surface area contributed by atoms with Crippen LogP contribution in [0.25, 0.3) is 0 Å². The van der Waals surface area contributed by atoms with Crippen LogP contribution in [0.5, 0.6) is 0 Å². The number of methoxy groups -OCH3 is 1. The number of carbonyl (C=O) groups excluding carboxylic acids is 1. The van der Waals surface area contributed by atoms with Crippen LogP contribution in [0.15, 0.2) is 0 Å². The molecule has 1 heterocycles. The third kappa shape index (κ3) is 1.03. The minimum atomic E-state index is -0.0955. The number of fused-ring (bicyclic) bond motifs is 1. The van der Waals surface area contributed by atoms with Crippen molar-refractivity contribution < 1.29 is 14.3 Å². The van der Waals surface area contributed by atoms with Crippen LogP contribution in [0, 0.1) is 11.8 Å². The lowest BCUT2D eigenvalue weighted by Gasteiger charge is -2.07. The minimum absolute atomic E-state index is 0.0579. The molecule has 1 aliphatic carbocycles. The quantitative estimate of drug-likeness (QED) is 0.521. The summed E-state index contributed by atoms with van der Waals surface area (Å²) in [5, 5.41) is 0. The van der Waals surface area contributed by atoms with Crippen molar-refractivity contribution in [3.63, 3.8) is 0 Å². The SMILES string of the molecule is COC(=O)[C@H]1[C@@H]2CCCO[C@@H]21. The molecule has 2 rings (SSSR count). The Hall–Kier alpha value is -0.570. The van der Waals surface area contributed by atoms with Gasteiger partial charge in [-0.05, 0) is 12.8 Å². The van der Waals surface area contributed by atoms with E-state index in [1.807, 2.05) is 0 Å². The van der Waals surface area contributed by atoms with Gasteiger partial charge in [0.05, 0.1) is 19.1 Å². The molecule has 0 aromatic heterocycles. The Morgan fingerprint density at radius 3 is 3.00 bits per heavy atom. The fourth-order valence-corrected chi connectivity index (χ4v) is 1.90. The summed E-state index contributed by atoms with van der Waals surface area (Å²) in [6.45, 7) is 0.814. The lowest BCUT2D eigenvalue weighted by Crippen LogP contribution is -2.08. The maximum Gasteiger partial charge on any atom is 0.311 e. The molecule has 2 aliphatic rings. The zero-order valence-electron chi connectivity index (χ0n) is 6.58. The number of ether oxygens (including phenoxy) is 2. The smallest absolute Gasteiger partial charge is 0.311 e. The topological polar surface area (TPSA) is 35.5 Å². The maximum absolute atomic E-state index is 11.0. The van der Waals surface area contributed by atoms with Gasteiger partial charge >= 0.3 is 5.97 Å². The van der Waals surface area contributed by atoms with Crippen LogP contribution < -0.4 is 0 Å². The Morgan fingerprint density at radius 2 is 2.45 bits per heavy atom. The van der Waals surface area contributed by atoms with Gasteiger partial charge < -0.3 is 9.47 Å². The third-order valence-corrected chi connectivity index (χ3v) is 2.56. The average molecular weight is 156 g/mol. The molecule has 1 aliphatic heterocycles. The Kier molecular flexibility index (Phi) is 1.60. The molecule has 0 bridgehead atoms. The van der Waals surface area contributed by atoms with Crippen LogP contribution in [0.3, 0.4) is 0 Å². The number of rotatable bonds is 1. The third-order valence-electron chi connectivity index (χ3n) is 2.56. The van der Waals surface area contributed by atoms with E-state index in [1.54, 1.807) is 0 Å². The first-order valence-electron chi connectivity index (χ1n) is 4.04. The van der Waals surface area contributed by atoms with Gasteiger partial charge in [-0.1, -0.05) is 0 Å². The highest BCUT2D eigenvalue weighted by Gasteiger charge is 2.57. The summed E-state index contributed by atoms with van der Waals surface area (Å²) in [6, 6.07) is 0.